The van der Waals surface area contributed by atoms with Gasteiger partial charge in [-0.2, -0.15) is 0 Å². The molecule has 0 aromatic heterocycles. The lowest BCUT2D eigenvalue weighted by Gasteiger charge is -2.46. The molecule has 1 aliphatic carbocycles. The highest BCUT2D eigenvalue weighted by Crippen LogP contribution is 2.41. The summed E-state index contributed by atoms with van der Waals surface area (Å²) in [5.74, 6) is -0.0658. The van der Waals surface area contributed by atoms with E-state index in [0.29, 0.717) is 13.0 Å². The molecule has 1 aliphatic rings. The molecule has 0 aliphatic heterocycles. The number of aliphatic hydroxyl groups excluding tert-OH is 1. The van der Waals surface area contributed by atoms with Crippen molar-refractivity contribution in [2.24, 2.45) is 5.92 Å². The molecule has 34 heavy (non-hydrogen) atoms. The highest BCUT2D eigenvalue weighted by molar-refractivity contribution is 6.99. The van der Waals surface area contributed by atoms with Crippen LogP contribution in [-0.4, -0.2) is 31.7 Å². The summed E-state index contributed by atoms with van der Waals surface area (Å²) in [6, 6.07) is 31.3. The highest BCUT2D eigenvalue weighted by atomic mass is 28.4. The van der Waals surface area contributed by atoms with E-state index in [4.69, 9.17) is 9.16 Å². The van der Waals surface area contributed by atoms with E-state index in [-0.39, 0.29) is 17.1 Å². The second-order valence-electron chi connectivity index (χ2n) is 10.2. The van der Waals surface area contributed by atoms with Gasteiger partial charge in [0.25, 0.3) is 8.32 Å². The van der Waals surface area contributed by atoms with E-state index in [2.05, 4.69) is 88.0 Å². The third kappa shape index (κ3) is 4.82. The fraction of sp³-hybridized carbons (Fsp3) is 0.333. The van der Waals surface area contributed by atoms with Crippen molar-refractivity contribution in [1.82, 2.24) is 0 Å². The lowest BCUT2D eigenvalue weighted by Crippen LogP contribution is -2.69. The average Bonchev–Trinajstić information content (AvgIpc) is 3.16. The highest BCUT2D eigenvalue weighted by Gasteiger charge is 2.55. The maximum Gasteiger partial charge on any atom is 0.261 e. The Balaban J connectivity index is 1.76. The van der Waals surface area contributed by atoms with Gasteiger partial charge in [0.1, 0.15) is 0 Å². The van der Waals surface area contributed by atoms with Crippen molar-refractivity contribution in [2.45, 2.75) is 57.1 Å². The molecule has 4 rings (SSSR count). The molecule has 4 unspecified atom stereocenters. The lowest BCUT2D eigenvalue weighted by molar-refractivity contribution is -0.0534. The van der Waals surface area contributed by atoms with Crippen molar-refractivity contribution >= 4 is 18.7 Å². The Bertz CT molecular complexity index is 1010. The molecule has 3 nitrogen and oxygen atoms in total. The average molecular weight is 473 g/mol. The van der Waals surface area contributed by atoms with Gasteiger partial charge in [0.05, 0.1) is 24.9 Å². The van der Waals surface area contributed by atoms with Crippen molar-refractivity contribution in [3.05, 3.63) is 109 Å². The van der Waals surface area contributed by atoms with Crippen LogP contribution in [0.3, 0.4) is 0 Å². The second kappa shape index (κ2) is 10.4. The van der Waals surface area contributed by atoms with E-state index < -0.39 is 20.5 Å². The van der Waals surface area contributed by atoms with Crippen LogP contribution in [0.25, 0.3) is 0 Å². The van der Waals surface area contributed by atoms with Crippen LogP contribution in [0.5, 0.6) is 0 Å². The summed E-state index contributed by atoms with van der Waals surface area (Å²) in [4.78, 5) is 0. The second-order valence-corrected chi connectivity index (χ2v) is 14.5. The van der Waals surface area contributed by atoms with E-state index >= 15 is 0 Å². The third-order valence-corrected chi connectivity index (χ3v) is 12.0. The van der Waals surface area contributed by atoms with Crippen LogP contribution in [0.15, 0.2) is 104 Å². The van der Waals surface area contributed by atoms with Crippen LogP contribution in [0.4, 0.5) is 0 Å². The molecule has 4 atom stereocenters. The molecule has 0 spiro atoms. The summed E-state index contributed by atoms with van der Waals surface area (Å²) < 4.78 is 13.7. The molecule has 1 fully saturated rings. The van der Waals surface area contributed by atoms with E-state index in [9.17, 15) is 5.11 Å². The van der Waals surface area contributed by atoms with Gasteiger partial charge in [-0.1, -0.05) is 118 Å². The maximum atomic E-state index is 11.4. The van der Waals surface area contributed by atoms with E-state index in [0.717, 1.165) is 5.56 Å². The Kier molecular flexibility index (Phi) is 7.53. The fourth-order valence-corrected chi connectivity index (χ4v) is 9.94. The molecule has 0 radical (unpaired) electrons. The van der Waals surface area contributed by atoms with Gasteiger partial charge in [0, 0.05) is 5.92 Å². The number of benzene rings is 3. The SMILES string of the molecule is C=CC1CC(OCc2ccccc2)C(O[Si](c2ccccc2)(c2ccccc2)C(C)(C)C)C1O. The first-order chi connectivity index (χ1) is 16.4. The molecule has 0 amide bonds. The Morgan fingerprint density at radius 2 is 1.38 bits per heavy atom. The number of aliphatic hydroxyl groups is 1. The van der Waals surface area contributed by atoms with Crippen molar-refractivity contribution in [1.29, 1.82) is 0 Å². The van der Waals surface area contributed by atoms with Crippen LogP contribution in [0, 0.1) is 5.92 Å². The molecular weight excluding hydrogens is 436 g/mol. The number of hydrogen-bond donors (Lipinski definition) is 1. The Hall–Kier alpha value is -2.50. The molecule has 1 N–H and O–H groups in total. The first kappa shape index (κ1) is 24.6. The van der Waals surface area contributed by atoms with Crippen molar-refractivity contribution in [2.75, 3.05) is 0 Å². The topological polar surface area (TPSA) is 38.7 Å². The Labute approximate surface area is 205 Å². The molecule has 178 valence electrons. The van der Waals surface area contributed by atoms with Gasteiger partial charge in [-0.3, -0.25) is 0 Å². The molecule has 0 bridgehead atoms. The summed E-state index contributed by atoms with van der Waals surface area (Å²) in [5, 5.41) is 13.6. The van der Waals surface area contributed by atoms with Crippen molar-refractivity contribution in [3.8, 4) is 0 Å². The van der Waals surface area contributed by atoms with Crippen LogP contribution in [-0.2, 0) is 15.8 Å². The van der Waals surface area contributed by atoms with Crippen LogP contribution >= 0.6 is 0 Å². The molecular formula is C30H36O3Si. The quantitative estimate of drug-likeness (QED) is 0.367. The van der Waals surface area contributed by atoms with Gasteiger partial charge in [-0.05, 0) is 27.4 Å². The van der Waals surface area contributed by atoms with Crippen LogP contribution in [0.1, 0.15) is 32.8 Å². The normalized spacial score (nSPS) is 23.1. The Morgan fingerprint density at radius 3 is 1.85 bits per heavy atom. The minimum Gasteiger partial charge on any atom is -0.399 e. The lowest BCUT2D eigenvalue weighted by atomic mass is 10.1. The van der Waals surface area contributed by atoms with E-state index in [1.807, 2.05) is 36.4 Å². The predicted octanol–water partition coefficient (Wildman–Crippen LogP) is 5.08. The minimum absolute atomic E-state index is 0.0658. The van der Waals surface area contributed by atoms with Gasteiger partial charge in [0.2, 0.25) is 0 Å². The zero-order valence-corrected chi connectivity index (χ0v) is 21.4. The molecule has 3 aromatic rings. The zero-order valence-electron chi connectivity index (χ0n) is 20.4. The van der Waals surface area contributed by atoms with Crippen molar-refractivity contribution in [3.63, 3.8) is 0 Å². The van der Waals surface area contributed by atoms with Crippen LogP contribution < -0.4 is 10.4 Å². The summed E-state index contributed by atoms with van der Waals surface area (Å²) in [6.07, 6.45) is 1.20. The number of ether oxygens (including phenoxy) is 1. The molecule has 0 heterocycles. The standard InChI is InChI=1S/C30H36O3Si/c1-5-24-21-27(32-22-23-15-9-6-10-16-23)29(28(24)31)33-34(30(2,3)4,25-17-11-7-12-18-25)26-19-13-8-14-20-26/h5-20,24,27-29,31H,1,21-22H2,2-4H3. The predicted molar refractivity (Wildman–Crippen MR) is 142 cm³/mol. The fourth-order valence-electron chi connectivity index (χ4n) is 5.22. The summed E-state index contributed by atoms with van der Waals surface area (Å²) in [7, 11) is -2.82. The summed E-state index contributed by atoms with van der Waals surface area (Å²) in [6.45, 7) is 11.2. The largest absolute Gasteiger partial charge is 0.399 e. The first-order valence-electron chi connectivity index (χ1n) is 12.1. The third-order valence-electron chi connectivity index (χ3n) is 6.99. The monoisotopic (exact) mass is 472 g/mol. The van der Waals surface area contributed by atoms with E-state index in [1.165, 1.54) is 10.4 Å². The first-order valence-corrected chi connectivity index (χ1v) is 14.0. The zero-order chi connectivity index (χ0) is 24.2. The minimum atomic E-state index is -2.82. The molecule has 4 heteroatoms. The molecule has 1 saturated carbocycles. The van der Waals surface area contributed by atoms with Crippen LogP contribution in [0.2, 0.25) is 5.04 Å². The molecule has 3 aromatic carbocycles. The summed E-state index contributed by atoms with van der Waals surface area (Å²) >= 11 is 0. The number of hydrogen-bond acceptors (Lipinski definition) is 3. The van der Waals surface area contributed by atoms with Crippen molar-refractivity contribution < 1.29 is 14.3 Å². The van der Waals surface area contributed by atoms with E-state index in [1.54, 1.807) is 0 Å². The smallest absolute Gasteiger partial charge is 0.261 e. The molecule has 0 saturated heterocycles. The number of rotatable bonds is 8. The van der Waals surface area contributed by atoms with Gasteiger partial charge >= 0.3 is 0 Å². The maximum absolute atomic E-state index is 11.4. The Morgan fingerprint density at radius 1 is 0.882 bits per heavy atom. The summed E-state index contributed by atoms with van der Waals surface area (Å²) in [5.41, 5.74) is 1.11. The van der Waals surface area contributed by atoms with Gasteiger partial charge < -0.3 is 14.3 Å². The van der Waals surface area contributed by atoms with Gasteiger partial charge in [0.15, 0.2) is 0 Å². The van der Waals surface area contributed by atoms with Gasteiger partial charge in [-0.15, -0.1) is 6.58 Å². The van der Waals surface area contributed by atoms with Gasteiger partial charge in [-0.25, -0.2) is 0 Å².